The van der Waals surface area contributed by atoms with Crippen LogP contribution in [0.25, 0.3) is 0 Å². The average Bonchev–Trinajstić information content (AvgIpc) is 3.28. The van der Waals surface area contributed by atoms with E-state index in [-0.39, 0.29) is 0 Å². The van der Waals surface area contributed by atoms with Crippen LogP contribution in [0.1, 0.15) is 59.1 Å². The second kappa shape index (κ2) is 24.4. The zero-order valence-corrected chi connectivity index (χ0v) is 38.7. The van der Waals surface area contributed by atoms with E-state index < -0.39 is 20.0 Å². The summed E-state index contributed by atoms with van der Waals surface area (Å²) >= 11 is 0. The van der Waals surface area contributed by atoms with Crippen molar-refractivity contribution in [2.75, 3.05) is 48.1 Å². The SMILES string of the molecule is CS(=O)(=O)Nc1cc(CCN(CCCCCCN(CCc2ccc(OCc3ccccc3)c(NS(C)(=O)=O)c2)Cc2ccccc2)Cc2ccccc2)ccc1OCc1ccccc1. The minimum atomic E-state index is -3.52. The molecule has 0 unspecified atom stereocenters. The van der Waals surface area contributed by atoms with Crippen LogP contribution in [0, 0.1) is 0 Å². The first kappa shape index (κ1) is 47.8. The Morgan fingerprint density at radius 3 is 1.09 bits per heavy atom. The number of anilines is 2. The molecule has 0 atom stereocenters. The van der Waals surface area contributed by atoms with Gasteiger partial charge in [0.15, 0.2) is 0 Å². The molecule has 2 N–H and O–H groups in total. The Morgan fingerprint density at radius 1 is 0.406 bits per heavy atom. The monoisotopic (exact) mass is 902 g/mol. The summed E-state index contributed by atoms with van der Waals surface area (Å²) in [5.41, 5.74) is 7.49. The van der Waals surface area contributed by atoms with Gasteiger partial charge in [-0.3, -0.25) is 19.2 Å². The average molecular weight is 903 g/mol. The second-order valence-corrected chi connectivity index (χ2v) is 19.9. The predicted molar refractivity (Wildman–Crippen MR) is 261 cm³/mol. The highest BCUT2D eigenvalue weighted by Gasteiger charge is 2.15. The lowest BCUT2D eigenvalue weighted by atomic mass is 10.1. The van der Waals surface area contributed by atoms with Crippen molar-refractivity contribution in [3.05, 3.63) is 191 Å². The van der Waals surface area contributed by atoms with Crippen LogP contribution < -0.4 is 18.9 Å². The Labute approximate surface area is 381 Å². The van der Waals surface area contributed by atoms with E-state index in [1.807, 2.05) is 109 Å². The predicted octanol–water partition coefficient (Wildman–Crippen LogP) is 9.94. The molecular weight excluding hydrogens is 841 g/mol. The molecule has 0 aliphatic rings. The Kier molecular flexibility index (Phi) is 18.2. The van der Waals surface area contributed by atoms with Crippen molar-refractivity contribution in [3.63, 3.8) is 0 Å². The van der Waals surface area contributed by atoms with E-state index in [9.17, 15) is 16.8 Å². The molecule has 0 saturated heterocycles. The standard InChI is InChI=1S/C52H62N4O6S2/c1-63(57,58)53-49-37-43(27-29-51(49)61-41-47-23-13-7-14-24-47)31-35-55(39-45-19-9-5-10-20-45)33-17-3-4-18-34-56(40-46-21-11-6-12-22-46)36-32-44-28-30-52(50(38-44)54-64(2,59)60)62-42-48-25-15-8-16-26-48/h5-16,19-30,37-38,53-54H,3-4,17-18,31-36,39-42H2,1-2H3. The molecule has 0 amide bonds. The summed E-state index contributed by atoms with van der Waals surface area (Å²) in [6.07, 6.45) is 8.16. The first-order valence-corrected chi connectivity index (χ1v) is 25.8. The van der Waals surface area contributed by atoms with E-state index in [1.165, 1.54) is 11.1 Å². The zero-order chi connectivity index (χ0) is 45.0. The third kappa shape index (κ3) is 17.5. The fourth-order valence-electron chi connectivity index (χ4n) is 7.57. The Bertz CT molecular complexity index is 2350. The fourth-order valence-corrected chi connectivity index (χ4v) is 8.69. The van der Waals surface area contributed by atoms with Crippen LogP contribution in [-0.2, 0) is 59.2 Å². The van der Waals surface area contributed by atoms with Crippen LogP contribution in [0.3, 0.4) is 0 Å². The molecule has 0 spiro atoms. The van der Waals surface area contributed by atoms with E-state index in [1.54, 1.807) is 0 Å². The third-order valence-electron chi connectivity index (χ3n) is 10.8. The second-order valence-electron chi connectivity index (χ2n) is 16.4. The molecule has 10 nitrogen and oxygen atoms in total. The molecule has 6 aromatic rings. The van der Waals surface area contributed by atoms with Gasteiger partial charge in [0.25, 0.3) is 0 Å². The maximum absolute atomic E-state index is 12.3. The number of unbranched alkanes of at least 4 members (excludes halogenated alkanes) is 3. The van der Waals surface area contributed by atoms with Crippen molar-refractivity contribution >= 4 is 31.4 Å². The van der Waals surface area contributed by atoms with E-state index in [0.717, 1.165) is 113 Å². The number of ether oxygens (including phenoxy) is 2. The molecule has 64 heavy (non-hydrogen) atoms. The molecule has 0 aromatic heterocycles. The van der Waals surface area contributed by atoms with Crippen molar-refractivity contribution in [1.29, 1.82) is 0 Å². The van der Waals surface area contributed by atoms with Crippen molar-refractivity contribution in [2.45, 2.75) is 64.8 Å². The normalized spacial score (nSPS) is 11.8. The molecule has 338 valence electrons. The number of hydrogen-bond acceptors (Lipinski definition) is 8. The van der Waals surface area contributed by atoms with Crippen molar-refractivity contribution in [2.24, 2.45) is 0 Å². The number of rotatable bonds is 27. The molecule has 0 aliphatic carbocycles. The minimum Gasteiger partial charge on any atom is -0.487 e. The van der Waals surface area contributed by atoms with Gasteiger partial charge in [0.1, 0.15) is 24.7 Å². The fraction of sp³-hybridized carbons (Fsp3) is 0.308. The molecule has 0 bridgehead atoms. The number of nitrogens with one attached hydrogen (secondary N) is 2. The van der Waals surface area contributed by atoms with Gasteiger partial charge in [-0.2, -0.15) is 0 Å². The van der Waals surface area contributed by atoms with Crippen LogP contribution >= 0.6 is 0 Å². The Morgan fingerprint density at radius 2 is 0.750 bits per heavy atom. The number of benzene rings is 6. The van der Waals surface area contributed by atoms with Crippen LogP contribution in [0.5, 0.6) is 11.5 Å². The third-order valence-corrected chi connectivity index (χ3v) is 12.0. The Hall–Kier alpha value is -5.66. The summed E-state index contributed by atoms with van der Waals surface area (Å²) in [4.78, 5) is 4.98. The smallest absolute Gasteiger partial charge is 0.229 e. The first-order valence-electron chi connectivity index (χ1n) is 22.0. The van der Waals surface area contributed by atoms with Gasteiger partial charge >= 0.3 is 0 Å². The van der Waals surface area contributed by atoms with Crippen molar-refractivity contribution < 1.29 is 26.3 Å². The number of hydrogen-bond donors (Lipinski definition) is 2. The van der Waals surface area contributed by atoms with Gasteiger partial charge in [0, 0.05) is 26.2 Å². The maximum atomic E-state index is 12.3. The number of sulfonamides is 2. The van der Waals surface area contributed by atoms with Gasteiger partial charge in [-0.15, -0.1) is 0 Å². The van der Waals surface area contributed by atoms with Gasteiger partial charge in [-0.25, -0.2) is 16.8 Å². The van der Waals surface area contributed by atoms with Crippen LogP contribution in [0.4, 0.5) is 11.4 Å². The molecule has 6 rings (SSSR count). The molecule has 0 heterocycles. The molecule has 0 fully saturated rings. The molecule has 6 aromatic carbocycles. The van der Waals surface area contributed by atoms with E-state index in [0.29, 0.717) is 36.1 Å². The lowest BCUT2D eigenvalue weighted by Gasteiger charge is -2.24. The van der Waals surface area contributed by atoms with E-state index >= 15 is 0 Å². The van der Waals surface area contributed by atoms with Gasteiger partial charge in [-0.05, 0) is 96.4 Å². The summed E-state index contributed by atoms with van der Waals surface area (Å²) in [7, 11) is -7.03. The van der Waals surface area contributed by atoms with Crippen LogP contribution in [0.2, 0.25) is 0 Å². The zero-order valence-electron chi connectivity index (χ0n) is 37.1. The lowest BCUT2D eigenvalue weighted by molar-refractivity contribution is 0.250. The number of nitrogens with zero attached hydrogens (tertiary/aromatic N) is 2. The summed E-state index contributed by atoms with van der Waals surface area (Å²) in [6.45, 7) is 5.88. The quantitative estimate of drug-likeness (QED) is 0.0491. The summed E-state index contributed by atoms with van der Waals surface area (Å²) in [6, 6.07) is 52.2. The molecule has 0 saturated carbocycles. The van der Waals surface area contributed by atoms with Gasteiger partial charge in [0.2, 0.25) is 20.0 Å². The van der Waals surface area contributed by atoms with Gasteiger partial charge in [-0.1, -0.05) is 146 Å². The van der Waals surface area contributed by atoms with Crippen LogP contribution in [-0.4, -0.2) is 65.3 Å². The van der Waals surface area contributed by atoms with E-state index in [4.69, 9.17) is 9.47 Å². The summed E-state index contributed by atoms with van der Waals surface area (Å²) < 4.78 is 66.8. The summed E-state index contributed by atoms with van der Waals surface area (Å²) in [5.74, 6) is 0.993. The van der Waals surface area contributed by atoms with Gasteiger partial charge < -0.3 is 9.47 Å². The topological polar surface area (TPSA) is 117 Å². The highest BCUT2D eigenvalue weighted by molar-refractivity contribution is 7.92. The summed E-state index contributed by atoms with van der Waals surface area (Å²) in [5, 5.41) is 0. The molecule has 0 radical (unpaired) electrons. The lowest BCUT2D eigenvalue weighted by Crippen LogP contribution is -2.27. The molecule has 12 heteroatoms. The molecular formula is C52H62N4O6S2. The van der Waals surface area contributed by atoms with Crippen molar-refractivity contribution in [3.8, 4) is 11.5 Å². The largest absolute Gasteiger partial charge is 0.487 e. The van der Waals surface area contributed by atoms with Crippen LogP contribution in [0.15, 0.2) is 158 Å². The molecule has 0 aliphatic heterocycles. The highest BCUT2D eigenvalue weighted by Crippen LogP contribution is 2.30. The van der Waals surface area contributed by atoms with Gasteiger partial charge in [0.05, 0.1) is 23.9 Å². The Balaban J connectivity index is 1.03. The first-order chi connectivity index (χ1) is 30.9. The maximum Gasteiger partial charge on any atom is 0.229 e. The van der Waals surface area contributed by atoms with E-state index in [2.05, 4.69) is 67.8 Å². The minimum absolute atomic E-state index is 0.336. The highest BCUT2D eigenvalue weighted by atomic mass is 32.2. The van der Waals surface area contributed by atoms with Crippen molar-refractivity contribution in [1.82, 2.24) is 9.80 Å².